The summed E-state index contributed by atoms with van der Waals surface area (Å²) >= 11 is 3.63. The van der Waals surface area contributed by atoms with Gasteiger partial charge in [-0.25, -0.2) is 0 Å². The number of allylic oxidation sites excluding steroid dienone is 1. The molecule has 0 nitrogen and oxygen atoms in total. The van der Waals surface area contributed by atoms with Gasteiger partial charge in [0.05, 0.1) is 0 Å². The molecular formula is C22H33Br. The Morgan fingerprint density at radius 3 is 2.61 bits per heavy atom. The summed E-state index contributed by atoms with van der Waals surface area (Å²) in [6, 6.07) is 0. The van der Waals surface area contributed by atoms with Crippen LogP contribution >= 0.6 is 15.9 Å². The highest BCUT2D eigenvalue weighted by molar-refractivity contribution is 9.11. The summed E-state index contributed by atoms with van der Waals surface area (Å²) in [4.78, 5) is 2.24. The zero-order chi connectivity index (χ0) is 16.5. The third-order valence-electron chi connectivity index (χ3n) is 7.39. The van der Waals surface area contributed by atoms with Gasteiger partial charge in [-0.2, -0.15) is 0 Å². The van der Waals surface area contributed by atoms with Gasteiger partial charge >= 0.3 is 0 Å². The fourth-order valence-electron chi connectivity index (χ4n) is 5.99. The summed E-state index contributed by atoms with van der Waals surface area (Å²) in [7, 11) is 0. The molecule has 0 spiro atoms. The van der Waals surface area contributed by atoms with Crippen molar-refractivity contribution in [1.82, 2.24) is 0 Å². The first-order valence-corrected chi connectivity index (χ1v) is 10.7. The van der Waals surface area contributed by atoms with Gasteiger partial charge in [0, 0.05) is 11.8 Å². The number of halogens is 1. The summed E-state index contributed by atoms with van der Waals surface area (Å²) in [6.07, 6.45) is 13.4. The minimum Gasteiger partial charge on any atom is -0.102 e. The highest BCUT2D eigenvalue weighted by Crippen LogP contribution is 2.59. The average molecular weight is 377 g/mol. The molecule has 0 heterocycles. The first kappa shape index (κ1) is 17.6. The Balaban J connectivity index is 1.66. The fraction of sp³-hybridized carbons (Fsp3) is 0.818. The van der Waals surface area contributed by atoms with Crippen molar-refractivity contribution in [3.8, 4) is 11.8 Å². The van der Waals surface area contributed by atoms with Crippen LogP contribution in [0.3, 0.4) is 0 Å². The van der Waals surface area contributed by atoms with Gasteiger partial charge in [0.25, 0.3) is 0 Å². The molecule has 0 unspecified atom stereocenters. The molecule has 0 aliphatic heterocycles. The van der Waals surface area contributed by atoms with Crippen LogP contribution in [-0.2, 0) is 0 Å². The van der Waals surface area contributed by atoms with E-state index < -0.39 is 0 Å². The third kappa shape index (κ3) is 3.44. The average Bonchev–Trinajstić information content (AvgIpc) is 3.10. The molecule has 3 fully saturated rings. The summed E-state index contributed by atoms with van der Waals surface area (Å²) in [5.41, 5.74) is 2.53. The lowest BCUT2D eigenvalue weighted by molar-refractivity contribution is 0.0994. The second-order valence-electron chi connectivity index (χ2n) is 9.03. The molecule has 4 atom stereocenters. The largest absolute Gasteiger partial charge is 0.102 e. The summed E-state index contributed by atoms with van der Waals surface area (Å²) in [6.45, 7) is 7.42. The lowest BCUT2D eigenvalue weighted by Gasteiger charge is -2.44. The highest BCUT2D eigenvalue weighted by Gasteiger charge is 2.50. The molecule has 3 saturated carbocycles. The van der Waals surface area contributed by atoms with E-state index in [1.807, 2.05) is 0 Å². The normalized spacial score (nSPS) is 38.9. The Kier molecular flexibility index (Phi) is 5.32. The van der Waals surface area contributed by atoms with E-state index in [2.05, 4.69) is 53.5 Å². The molecule has 0 radical (unpaired) electrons. The van der Waals surface area contributed by atoms with Gasteiger partial charge in [0.1, 0.15) is 0 Å². The van der Waals surface area contributed by atoms with Crippen molar-refractivity contribution < 1.29 is 0 Å². The van der Waals surface area contributed by atoms with Gasteiger partial charge in [0.2, 0.25) is 0 Å². The van der Waals surface area contributed by atoms with E-state index in [4.69, 9.17) is 0 Å². The maximum absolute atomic E-state index is 3.65. The first-order valence-electron chi connectivity index (χ1n) is 9.78. The Morgan fingerprint density at radius 1 is 1.17 bits per heavy atom. The van der Waals surface area contributed by atoms with E-state index >= 15 is 0 Å². The Labute approximate surface area is 152 Å². The molecule has 0 saturated heterocycles. The van der Waals surface area contributed by atoms with E-state index in [0.717, 1.165) is 24.2 Å². The second-order valence-corrected chi connectivity index (χ2v) is 9.49. The molecule has 0 amide bonds. The van der Waals surface area contributed by atoms with E-state index in [1.165, 1.54) is 57.8 Å². The van der Waals surface area contributed by atoms with Crippen LogP contribution in [0, 0.1) is 40.4 Å². The smallest absolute Gasteiger partial charge is 0.0286 e. The number of hydrogen-bond donors (Lipinski definition) is 0. The monoisotopic (exact) mass is 376 g/mol. The van der Waals surface area contributed by atoms with Crippen molar-refractivity contribution in [2.24, 2.45) is 28.6 Å². The fourth-order valence-corrected chi connectivity index (χ4v) is 6.54. The molecule has 3 rings (SSSR count). The van der Waals surface area contributed by atoms with E-state index in [1.54, 1.807) is 5.57 Å². The molecule has 0 N–H and O–H groups in total. The summed E-state index contributed by atoms with van der Waals surface area (Å²) < 4.78 is 0. The van der Waals surface area contributed by atoms with Crippen molar-refractivity contribution in [3.63, 3.8) is 0 Å². The topological polar surface area (TPSA) is 0 Å². The number of fused-ring (bicyclic) bond motifs is 1. The second kappa shape index (κ2) is 6.95. The van der Waals surface area contributed by atoms with E-state index in [-0.39, 0.29) is 0 Å². The number of hydrogen-bond acceptors (Lipinski definition) is 0. The van der Waals surface area contributed by atoms with Gasteiger partial charge in [-0.1, -0.05) is 54.1 Å². The Morgan fingerprint density at radius 2 is 1.91 bits per heavy atom. The lowest BCUT2D eigenvalue weighted by Crippen LogP contribution is -2.35. The van der Waals surface area contributed by atoms with Crippen LogP contribution in [0.25, 0.3) is 0 Å². The van der Waals surface area contributed by atoms with Crippen LogP contribution in [0.1, 0.15) is 85.0 Å². The quantitative estimate of drug-likeness (QED) is 0.451. The molecular weight excluding hydrogens is 344 g/mol. The summed E-state index contributed by atoms with van der Waals surface area (Å²) in [5.74, 6) is 9.69. The molecule has 1 heteroatoms. The lowest BCUT2D eigenvalue weighted by atomic mass is 9.61. The van der Waals surface area contributed by atoms with Crippen molar-refractivity contribution >= 4 is 15.9 Å². The van der Waals surface area contributed by atoms with Crippen LogP contribution in [0.15, 0.2) is 10.6 Å². The highest BCUT2D eigenvalue weighted by atomic mass is 79.9. The van der Waals surface area contributed by atoms with E-state index in [0.29, 0.717) is 10.8 Å². The van der Waals surface area contributed by atoms with E-state index in [9.17, 15) is 0 Å². The minimum atomic E-state index is 0.332. The molecule has 0 bridgehead atoms. The summed E-state index contributed by atoms with van der Waals surface area (Å²) in [5, 5.41) is 0. The molecule has 0 aromatic heterocycles. The SMILES string of the molecule is C[C@H](CC#CC1(C)CCCC1)[C@H]1CC[C@H]2/C(=C/Br)CCC[C@]12C. The molecule has 0 aromatic rings. The van der Waals surface area contributed by atoms with Gasteiger partial charge in [-0.15, -0.1) is 5.92 Å². The molecule has 3 aliphatic carbocycles. The van der Waals surface area contributed by atoms with Gasteiger partial charge in [-0.05, 0) is 80.0 Å². The zero-order valence-corrected chi connectivity index (χ0v) is 16.8. The number of rotatable bonds is 2. The Hall–Kier alpha value is -0.220. The first-order chi connectivity index (χ1) is 11.0. The van der Waals surface area contributed by atoms with Gasteiger partial charge in [0.15, 0.2) is 0 Å². The van der Waals surface area contributed by atoms with Crippen LogP contribution in [-0.4, -0.2) is 0 Å². The molecule has 128 valence electrons. The predicted octanol–water partition coefficient (Wildman–Crippen LogP) is 7.09. The van der Waals surface area contributed by atoms with Crippen molar-refractivity contribution in [2.75, 3.05) is 0 Å². The standard InChI is InChI=1S/C22H33Br/c1-17(8-6-14-21(2)12-4-5-13-21)19-10-11-20-18(16-23)9-7-15-22(19,20)3/h16-17,19-20H,4-5,7-13,15H2,1-3H3/b18-16+/t17-,19-,20+,22-/m1/s1. The maximum atomic E-state index is 3.65. The van der Waals surface area contributed by atoms with Gasteiger partial charge < -0.3 is 0 Å². The van der Waals surface area contributed by atoms with Crippen LogP contribution in [0.2, 0.25) is 0 Å². The van der Waals surface area contributed by atoms with Gasteiger partial charge in [-0.3, -0.25) is 0 Å². The maximum Gasteiger partial charge on any atom is 0.0286 e. The van der Waals surface area contributed by atoms with Crippen LogP contribution in [0.5, 0.6) is 0 Å². The third-order valence-corrected chi connectivity index (χ3v) is 7.97. The molecule has 23 heavy (non-hydrogen) atoms. The Bertz CT molecular complexity index is 514. The van der Waals surface area contributed by atoms with Crippen LogP contribution in [0.4, 0.5) is 0 Å². The minimum absolute atomic E-state index is 0.332. The molecule has 3 aliphatic rings. The van der Waals surface area contributed by atoms with Crippen LogP contribution < -0.4 is 0 Å². The predicted molar refractivity (Wildman–Crippen MR) is 103 cm³/mol. The van der Waals surface area contributed by atoms with Crippen molar-refractivity contribution in [1.29, 1.82) is 0 Å². The van der Waals surface area contributed by atoms with Crippen molar-refractivity contribution in [3.05, 3.63) is 10.6 Å². The van der Waals surface area contributed by atoms with Crippen molar-refractivity contribution in [2.45, 2.75) is 85.0 Å². The molecule has 0 aromatic carbocycles. The zero-order valence-electron chi connectivity index (χ0n) is 15.3.